The number of aliphatic hydroxyl groups is 1. The molecule has 126 valence electrons. The van der Waals surface area contributed by atoms with E-state index in [2.05, 4.69) is 0 Å². The molecule has 2 rings (SSSR count). The predicted molar refractivity (Wildman–Crippen MR) is 73.1 cm³/mol. The van der Waals surface area contributed by atoms with Crippen molar-refractivity contribution in [3.63, 3.8) is 0 Å². The van der Waals surface area contributed by atoms with Crippen LogP contribution < -0.4 is 5.32 Å². The SMILES string of the molecule is CC1([C@H](NC(=O)C(F)(F)F)C(=O)Cl)CC2CCCC(O)(C2)C1. The van der Waals surface area contributed by atoms with Gasteiger partial charge in [0.1, 0.15) is 6.04 Å². The van der Waals surface area contributed by atoms with Gasteiger partial charge in [0.25, 0.3) is 0 Å². The highest BCUT2D eigenvalue weighted by molar-refractivity contribution is 6.65. The second kappa shape index (κ2) is 5.67. The maximum absolute atomic E-state index is 12.5. The number of rotatable bonds is 3. The average molecular weight is 342 g/mol. The summed E-state index contributed by atoms with van der Waals surface area (Å²) < 4.78 is 37.4. The van der Waals surface area contributed by atoms with Crippen LogP contribution in [0.4, 0.5) is 13.2 Å². The fourth-order valence-electron chi connectivity index (χ4n) is 4.22. The summed E-state index contributed by atoms with van der Waals surface area (Å²) in [5.74, 6) is -2.06. The van der Waals surface area contributed by atoms with Crippen molar-refractivity contribution in [3.05, 3.63) is 0 Å². The summed E-state index contributed by atoms with van der Waals surface area (Å²) in [5, 5.41) is 11.3. The molecule has 4 nitrogen and oxygen atoms in total. The summed E-state index contributed by atoms with van der Waals surface area (Å²) in [6, 6.07) is -1.46. The van der Waals surface area contributed by atoms with E-state index in [0.29, 0.717) is 19.3 Å². The Bertz CT molecular complexity index is 484. The van der Waals surface area contributed by atoms with Crippen LogP contribution in [-0.2, 0) is 9.59 Å². The lowest BCUT2D eigenvalue weighted by molar-refractivity contribution is -0.177. The van der Waals surface area contributed by atoms with Crippen LogP contribution in [0.1, 0.15) is 45.4 Å². The molecule has 0 spiro atoms. The first-order chi connectivity index (χ1) is 9.95. The largest absolute Gasteiger partial charge is 0.471 e. The molecule has 2 aliphatic rings. The Morgan fingerprint density at radius 3 is 2.50 bits per heavy atom. The van der Waals surface area contributed by atoms with Crippen molar-refractivity contribution in [1.29, 1.82) is 0 Å². The van der Waals surface area contributed by atoms with Gasteiger partial charge in [-0.05, 0) is 48.6 Å². The Morgan fingerprint density at radius 2 is 2.00 bits per heavy atom. The van der Waals surface area contributed by atoms with E-state index < -0.39 is 34.4 Å². The van der Waals surface area contributed by atoms with E-state index in [1.807, 2.05) is 0 Å². The van der Waals surface area contributed by atoms with Crippen molar-refractivity contribution >= 4 is 22.8 Å². The van der Waals surface area contributed by atoms with E-state index in [4.69, 9.17) is 11.6 Å². The van der Waals surface area contributed by atoms with Crippen LogP contribution in [0.25, 0.3) is 0 Å². The Morgan fingerprint density at radius 1 is 1.36 bits per heavy atom. The summed E-state index contributed by atoms with van der Waals surface area (Å²) in [5.41, 5.74) is -1.98. The number of nitrogens with one attached hydrogen (secondary N) is 1. The normalized spacial score (nSPS) is 36.5. The first-order valence-corrected chi connectivity index (χ1v) is 7.62. The van der Waals surface area contributed by atoms with Crippen LogP contribution in [0.5, 0.6) is 0 Å². The van der Waals surface area contributed by atoms with Gasteiger partial charge in [0.15, 0.2) is 0 Å². The minimum atomic E-state index is -5.08. The Hall–Kier alpha value is -0.820. The van der Waals surface area contributed by atoms with Crippen LogP contribution >= 0.6 is 11.6 Å². The van der Waals surface area contributed by atoms with Gasteiger partial charge >= 0.3 is 12.1 Å². The van der Waals surface area contributed by atoms with Gasteiger partial charge in [0, 0.05) is 0 Å². The fourth-order valence-corrected chi connectivity index (χ4v) is 4.54. The zero-order valence-electron chi connectivity index (χ0n) is 12.2. The number of hydrogen-bond donors (Lipinski definition) is 2. The second-order valence-electron chi connectivity index (χ2n) is 6.93. The molecule has 22 heavy (non-hydrogen) atoms. The highest BCUT2D eigenvalue weighted by Crippen LogP contribution is 2.52. The van der Waals surface area contributed by atoms with Gasteiger partial charge in [-0.15, -0.1) is 0 Å². The smallest absolute Gasteiger partial charge is 0.390 e. The topological polar surface area (TPSA) is 66.4 Å². The van der Waals surface area contributed by atoms with E-state index in [1.165, 1.54) is 0 Å². The maximum atomic E-state index is 12.5. The molecule has 0 aromatic carbocycles. The predicted octanol–water partition coefficient (Wildman–Crippen LogP) is 2.52. The number of carbonyl (C=O) groups excluding carboxylic acids is 2. The molecular formula is C14H19ClF3NO3. The number of halogens is 4. The first kappa shape index (κ1) is 17.5. The van der Waals surface area contributed by atoms with E-state index in [1.54, 1.807) is 12.2 Å². The van der Waals surface area contributed by atoms with Gasteiger partial charge < -0.3 is 10.4 Å². The second-order valence-corrected chi connectivity index (χ2v) is 7.30. The van der Waals surface area contributed by atoms with Crippen molar-refractivity contribution in [1.82, 2.24) is 5.32 Å². The molecule has 1 amide bonds. The number of alkyl halides is 3. The van der Waals surface area contributed by atoms with Crippen LogP contribution in [0, 0.1) is 11.3 Å². The Balaban J connectivity index is 2.24. The van der Waals surface area contributed by atoms with Gasteiger partial charge in [-0.1, -0.05) is 19.8 Å². The quantitative estimate of drug-likeness (QED) is 0.775. The van der Waals surface area contributed by atoms with Crippen molar-refractivity contribution in [2.75, 3.05) is 0 Å². The van der Waals surface area contributed by atoms with Gasteiger partial charge in [0.2, 0.25) is 5.24 Å². The molecule has 2 saturated carbocycles. The van der Waals surface area contributed by atoms with E-state index in [9.17, 15) is 27.9 Å². The van der Waals surface area contributed by atoms with Crippen LogP contribution in [-0.4, -0.2) is 34.1 Å². The molecule has 3 unspecified atom stereocenters. The molecule has 2 bridgehead atoms. The van der Waals surface area contributed by atoms with Crippen molar-refractivity contribution in [3.8, 4) is 0 Å². The minimum Gasteiger partial charge on any atom is -0.390 e. The maximum Gasteiger partial charge on any atom is 0.471 e. The lowest BCUT2D eigenvalue weighted by atomic mass is 9.57. The average Bonchev–Trinajstić information content (AvgIpc) is 2.31. The lowest BCUT2D eigenvalue weighted by Gasteiger charge is -2.52. The molecular weight excluding hydrogens is 323 g/mol. The van der Waals surface area contributed by atoms with E-state index in [0.717, 1.165) is 12.8 Å². The Kier molecular flexibility index (Phi) is 4.52. The highest BCUT2D eigenvalue weighted by atomic mass is 35.5. The number of hydrogen-bond acceptors (Lipinski definition) is 3. The molecule has 2 N–H and O–H groups in total. The van der Waals surface area contributed by atoms with Crippen LogP contribution in [0.15, 0.2) is 0 Å². The van der Waals surface area contributed by atoms with Gasteiger partial charge in [0.05, 0.1) is 5.60 Å². The number of fused-ring (bicyclic) bond motifs is 2. The van der Waals surface area contributed by atoms with Gasteiger partial charge in [-0.25, -0.2) is 0 Å². The molecule has 0 aromatic heterocycles. The minimum absolute atomic E-state index is 0.124. The Labute approximate surface area is 131 Å². The summed E-state index contributed by atoms with van der Waals surface area (Å²) in [7, 11) is 0. The molecule has 2 fully saturated rings. The molecule has 0 radical (unpaired) electrons. The molecule has 0 aromatic rings. The summed E-state index contributed by atoms with van der Waals surface area (Å²) in [6.45, 7) is 1.61. The molecule has 0 saturated heterocycles. The summed E-state index contributed by atoms with van der Waals surface area (Å²) in [4.78, 5) is 22.8. The zero-order valence-corrected chi connectivity index (χ0v) is 12.9. The fraction of sp³-hybridized carbons (Fsp3) is 0.857. The highest BCUT2D eigenvalue weighted by Gasteiger charge is 2.53. The number of amides is 1. The van der Waals surface area contributed by atoms with Gasteiger partial charge in [-0.2, -0.15) is 13.2 Å². The van der Waals surface area contributed by atoms with Crippen LogP contribution in [0.2, 0.25) is 0 Å². The van der Waals surface area contributed by atoms with E-state index >= 15 is 0 Å². The third-order valence-electron chi connectivity index (χ3n) is 4.87. The molecule has 2 aliphatic carbocycles. The monoisotopic (exact) mass is 341 g/mol. The summed E-state index contributed by atoms with van der Waals surface area (Å²) in [6.07, 6.45) is -1.63. The van der Waals surface area contributed by atoms with Crippen molar-refractivity contribution in [2.24, 2.45) is 11.3 Å². The number of carbonyl (C=O) groups is 2. The van der Waals surface area contributed by atoms with Gasteiger partial charge in [-0.3, -0.25) is 9.59 Å². The van der Waals surface area contributed by atoms with Crippen molar-refractivity contribution in [2.45, 2.75) is 63.3 Å². The molecule has 4 atom stereocenters. The van der Waals surface area contributed by atoms with E-state index in [-0.39, 0.29) is 12.3 Å². The summed E-state index contributed by atoms with van der Waals surface area (Å²) >= 11 is 5.46. The van der Waals surface area contributed by atoms with Crippen molar-refractivity contribution < 1.29 is 27.9 Å². The third kappa shape index (κ3) is 3.56. The van der Waals surface area contributed by atoms with Crippen LogP contribution in [0.3, 0.4) is 0 Å². The molecule has 0 aliphatic heterocycles. The molecule has 0 heterocycles. The molecule has 8 heteroatoms. The zero-order chi connectivity index (χ0) is 16.8. The lowest BCUT2D eigenvalue weighted by Crippen LogP contribution is -2.59. The standard InChI is InChI=1S/C14H19ClF3NO3/c1-12(5-8-3-2-4-13(22,6-8)7-12)9(10(15)20)19-11(21)14(16,17)18/h8-9,22H,2-7H2,1H3,(H,19,21)/t8?,9-,12?,13?/m1/s1. The third-order valence-corrected chi connectivity index (χ3v) is 5.09. The first-order valence-electron chi connectivity index (χ1n) is 7.25.